The van der Waals surface area contributed by atoms with E-state index in [1.807, 2.05) is 0 Å². The number of anilines is 1. The first-order chi connectivity index (χ1) is 15.2. The molecule has 2 aromatic carbocycles. The van der Waals surface area contributed by atoms with Crippen molar-refractivity contribution in [3.8, 4) is 11.5 Å². The number of halogens is 2. The predicted molar refractivity (Wildman–Crippen MR) is 114 cm³/mol. The van der Waals surface area contributed by atoms with Gasteiger partial charge >= 0.3 is 12.0 Å². The van der Waals surface area contributed by atoms with E-state index in [2.05, 4.69) is 21.2 Å². The van der Waals surface area contributed by atoms with E-state index in [4.69, 9.17) is 14.6 Å². The Bertz CT molecular complexity index is 1130. The van der Waals surface area contributed by atoms with Crippen LogP contribution in [0.3, 0.4) is 0 Å². The minimum atomic E-state index is -1.18. The van der Waals surface area contributed by atoms with Gasteiger partial charge in [-0.1, -0.05) is 15.9 Å². The zero-order valence-corrected chi connectivity index (χ0v) is 18.1. The summed E-state index contributed by atoms with van der Waals surface area (Å²) in [6.45, 7) is 1.36. The molecule has 2 aromatic rings. The third-order valence-corrected chi connectivity index (χ3v) is 4.89. The van der Waals surface area contributed by atoms with Gasteiger partial charge in [-0.25, -0.2) is 18.9 Å². The number of nitrogens with zero attached hydrogens (tertiary/aromatic N) is 1. The van der Waals surface area contributed by atoms with Crippen molar-refractivity contribution in [2.24, 2.45) is 0 Å². The second kappa shape index (κ2) is 9.60. The number of barbiturate groups is 1. The minimum Gasteiger partial charge on any atom is -0.490 e. The van der Waals surface area contributed by atoms with Crippen LogP contribution in [0.15, 0.2) is 46.4 Å². The standard InChI is InChI=1S/C21H16BrFN2O7/c1-2-31-16-8-11(15(22)9-17(16)32-10-18(26)27)7-14-19(28)24-21(30)25(20(14)29)13-5-3-12(23)4-6-13/h3-9H,2,10H2,1H3,(H,26,27)(H,24,28,30)/b14-7+. The molecular weight excluding hydrogens is 491 g/mol. The number of carboxylic acid groups (broad SMARTS) is 1. The van der Waals surface area contributed by atoms with Gasteiger partial charge in [0.1, 0.15) is 11.4 Å². The number of carbonyl (C=O) groups is 4. The van der Waals surface area contributed by atoms with Gasteiger partial charge in [0.15, 0.2) is 18.1 Å². The predicted octanol–water partition coefficient (Wildman–Crippen LogP) is 3.12. The lowest BCUT2D eigenvalue weighted by Crippen LogP contribution is -2.54. The monoisotopic (exact) mass is 506 g/mol. The Balaban J connectivity index is 2.01. The molecule has 0 bridgehead atoms. The van der Waals surface area contributed by atoms with Crippen molar-refractivity contribution in [2.45, 2.75) is 6.92 Å². The summed E-state index contributed by atoms with van der Waals surface area (Å²) < 4.78 is 24.3. The average Bonchev–Trinajstić information content (AvgIpc) is 2.73. The Morgan fingerprint density at radius 2 is 1.81 bits per heavy atom. The topological polar surface area (TPSA) is 122 Å². The van der Waals surface area contributed by atoms with Crippen molar-refractivity contribution in [3.63, 3.8) is 0 Å². The number of carboxylic acids is 1. The van der Waals surface area contributed by atoms with Gasteiger partial charge in [-0.2, -0.15) is 0 Å². The highest BCUT2D eigenvalue weighted by Gasteiger charge is 2.37. The van der Waals surface area contributed by atoms with Gasteiger partial charge in [0, 0.05) is 4.47 Å². The summed E-state index contributed by atoms with van der Waals surface area (Å²) in [5.74, 6) is -3.20. The Kier molecular flexibility index (Phi) is 6.89. The Labute approximate surface area is 189 Å². The number of ether oxygens (including phenoxy) is 2. The number of nitrogens with one attached hydrogen (secondary N) is 1. The highest BCUT2D eigenvalue weighted by molar-refractivity contribution is 9.10. The van der Waals surface area contributed by atoms with Crippen LogP contribution in [-0.2, 0) is 14.4 Å². The molecule has 32 heavy (non-hydrogen) atoms. The second-order valence-electron chi connectivity index (χ2n) is 6.37. The molecule has 0 aliphatic carbocycles. The summed E-state index contributed by atoms with van der Waals surface area (Å²) >= 11 is 3.29. The third kappa shape index (κ3) is 4.94. The van der Waals surface area contributed by atoms with E-state index in [0.717, 1.165) is 12.1 Å². The van der Waals surface area contributed by atoms with E-state index >= 15 is 0 Å². The Morgan fingerprint density at radius 1 is 1.16 bits per heavy atom. The molecule has 2 N–H and O–H groups in total. The fourth-order valence-corrected chi connectivity index (χ4v) is 3.26. The fraction of sp³-hybridized carbons (Fsp3) is 0.143. The molecule has 0 spiro atoms. The van der Waals surface area contributed by atoms with Crippen molar-refractivity contribution in [2.75, 3.05) is 18.1 Å². The van der Waals surface area contributed by atoms with Crippen LogP contribution in [0, 0.1) is 5.82 Å². The maximum Gasteiger partial charge on any atom is 0.341 e. The Hall–Kier alpha value is -3.73. The van der Waals surface area contributed by atoms with Crippen LogP contribution < -0.4 is 19.7 Å². The molecule has 3 rings (SSSR count). The van der Waals surface area contributed by atoms with Gasteiger partial charge in [0.2, 0.25) is 0 Å². The smallest absolute Gasteiger partial charge is 0.341 e. The second-order valence-corrected chi connectivity index (χ2v) is 7.22. The maximum atomic E-state index is 13.2. The number of amides is 4. The van der Waals surface area contributed by atoms with Crippen LogP contribution in [0.25, 0.3) is 6.08 Å². The zero-order chi connectivity index (χ0) is 23.4. The molecule has 0 atom stereocenters. The van der Waals surface area contributed by atoms with Gasteiger partial charge < -0.3 is 14.6 Å². The van der Waals surface area contributed by atoms with Gasteiger partial charge in [-0.15, -0.1) is 0 Å². The van der Waals surface area contributed by atoms with Gasteiger partial charge in [0.25, 0.3) is 11.8 Å². The van der Waals surface area contributed by atoms with E-state index < -0.39 is 36.2 Å². The Morgan fingerprint density at radius 3 is 2.44 bits per heavy atom. The van der Waals surface area contributed by atoms with E-state index in [9.17, 15) is 23.6 Å². The van der Waals surface area contributed by atoms with E-state index in [1.54, 1.807) is 6.92 Å². The molecule has 0 radical (unpaired) electrons. The zero-order valence-electron chi connectivity index (χ0n) is 16.6. The maximum absolute atomic E-state index is 13.2. The molecule has 4 amide bonds. The number of hydrogen-bond donors (Lipinski definition) is 2. The van der Waals surface area contributed by atoms with Crippen LogP contribution in [-0.4, -0.2) is 42.1 Å². The summed E-state index contributed by atoms with van der Waals surface area (Å²) in [4.78, 5) is 49.1. The lowest BCUT2D eigenvalue weighted by Gasteiger charge is -2.26. The number of imide groups is 2. The van der Waals surface area contributed by atoms with Crippen molar-refractivity contribution >= 4 is 51.5 Å². The first-order valence-corrected chi connectivity index (χ1v) is 9.98. The summed E-state index contributed by atoms with van der Waals surface area (Å²) in [5.41, 5.74) is 0.0677. The molecule has 1 aliphatic rings. The van der Waals surface area contributed by atoms with Crippen molar-refractivity contribution in [1.82, 2.24) is 5.32 Å². The average molecular weight is 507 g/mol. The molecule has 9 nitrogen and oxygen atoms in total. The molecule has 1 fully saturated rings. The largest absolute Gasteiger partial charge is 0.490 e. The van der Waals surface area contributed by atoms with Gasteiger partial charge in [-0.05, 0) is 55.0 Å². The van der Waals surface area contributed by atoms with Crippen molar-refractivity contribution in [1.29, 1.82) is 0 Å². The molecule has 0 aromatic heterocycles. The lowest BCUT2D eigenvalue weighted by molar-refractivity contribution is -0.139. The first kappa shape index (κ1) is 22.9. The summed E-state index contributed by atoms with van der Waals surface area (Å²) in [7, 11) is 0. The van der Waals surface area contributed by atoms with Crippen molar-refractivity contribution in [3.05, 3.63) is 57.8 Å². The van der Waals surface area contributed by atoms with E-state index in [-0.39, 0.29) is 29.4 Å². The third-order valence-electron chi connectivity index (χ3n) is 4.20. The molecule has 0 saturated carbocycles. The van der Waals surface area contributed by atoms with Crippen LogP contribution in [0.1, 0.15) is 12.5 Å². The number of rotatable bonds is 7. The number of aliphatic carboxylic acids is 1. The molecule has 1 saturated heterocycles. The molecule has 1 aliphatic heterocycles. The summed E-state index contributed by atoms with van der Waals surface area (Å²) in [5, 5.41) is 10.9. The molecular formula is C21H16BrFN2O7. The normalized spacial score (nSPS) is 15.0. The van der Waals surface area contributed by atoms with Crippen LogP contribution in [0.5, 0.6) is 11.5 Å². The highest BCUT2D eigenvalue weighted by Crippen LogP contribution is 2.35. The van der Waals surface area contributed by atoms with E-state index in [0.29, 0.717) is 14.9 Å². The molecule has 1 heterocycles. The number of benzene rings is 2. The number of carbonyl (C=O) groups excluding carboxylic acids is 3. The molecule has 11 heteroatoms. The summed E-state index contributed by atoms with van der Waals surface area (Å²) in [6, 6.07) is 6.56. The van der Waals surface area contributed by atoms with Crippen LogP contribution in [0.4, 0.5) is 14.9 Å². The van der Waals surface area contributed by atoms with Gasteiger partial charge in [0.05, 0.1) is 12.3 Å². The summed E-state index contributed by atoms with van der Waals surface area (Å²) in [6.07, 6.45) is 1.24. The lowest BCUT2D eigenvalue weighted by atomic mass is 10.1. The molecule has 0 unspecified atom stereocenters. The van der Waals surface area contributed by atoms with Crippen molar-refractivity contribution < 1.29 is 38.1 Å². The van der Waals surface area contributed by atoms with E-state index in [1.165, 1.54) is 30.3 Å². The first-order valence-electron chi connectivity index (χ1n) is 9.19. The quantitative estimate of drug-likeness (QED) is 0.436. The van der Waals surface area contributed by atoms with Crippen LogP contribution >= 0.6 is 15.9 Å². The fourth-order valence-electron chi connectivity index (χ4n) is 2.82. The van der Waals surface area contributed by atoms with Crippen LogP contribution in [0.2, 0.25) is 0 Å². The SMILES string of the molecule is CCOc1cc(/C=C2\C(=O)NC(=O)N(c3ccc(F)cc3)C2=O)c(Br)cc1OCC(=O)O. The van der Waals surface area contributed by atoms with Gasteiger partial charge in [-0.3, -0.25) is 14.9 Å². The highest BCUT2D eigenvalue weighted by atomic mass is 79.9. The minimum absolute atomic E-state index is 0.0822. The number of hydrogen-bond acceptors (Lipinski definition) is 6. The molecule has 166 valence electrons. The number of urea groups is 1.